The van der Waals surface area contributed by atoms with Crippen LogP contribution in [0.15, 0.2) is 95.5 Å². The largest absolute Gasteiger partial charge is 0.497 e. The van der Waals surface area contributed by atoms with Crippen LogP contribution in [0.5, 0.6) is 11.5 Å². The first-order valence-corrected chi connectivity index (χ1v) is 14.3. The summed E-state index contributed by atoms with van der Waals surface area (Å²) in [5.74, 6) is 0.795. The van der Waals surface area contributed by atoms with E-state index < -0.39 is 6.04 Å². The number of methoxy groups -OCH3 is 1. The summed E-state index contributed by atoms with van der Waals surface area (Å²) in [5, 5.41) is 5.11. The summed E-state index contributed by atoms with van der Waals surface area (Å²) in [4.78, 5) is 29.1. The Morgan fingerprint density at radius 2 is 1.68 bits per heavy atom. The van der Waals surface area contributed by atoms with Crippen molar-refractivity contribution in [3.63, 3.8) is 0 Å². The number of hydrogen-bond donors (Lipinski definition) is 1. The van der Waals surface area contributed by atoms with Crippen LogP contribution in [-0.2, 0) is 22.6 Å². The molecule has 4 aromatic rings. The van der Waals surface area contributed by atoms with Crippen LogP contribution in [0.3, 0.4) is 0 Å². The lowest BCUT2D eigenvalue weighted by Gasteiger charge is -2.31. The zero-order valence-electron chi connectivity index (χ0n) is 22.9. The van der Waals surface area contributed by atoms with E-state index in [1.54, 1.807) is 12.0 Å². The molecule has 0 aromatic heterocycles. The highest BCUT2D eigenvalue weighted by molar-refractivity contribution is 9.10. The second kappa shape index (κ2) is 14.5. The van der Waals surface area contributed by atoms with Gasteiger partial charge in [-0.25, -0.2) is 0 Å². The predicted octanol–water partition coefficient (Wildman–Crippen LogP) is 6.55. The molecule has 40 heavy (non-hydrogen) atoms. The summed E-state index contributed by atoms with van der Waals surface area (Å²) in [6, 6.07) is 28.4. The molecule has 0 heterocycles. The number of fused-ring (bicyclic) bond motifs is 1. The molecule has 1 unspecified atom stereocenters. The molecular weight excluding hydrogens is 568 g/mol. The molecular formula is C33H35BrN2O4. The number of amides is 2. The summed E-state index contributed by atoms with van der Waals surface area (Å²) >= 11 is 3.64. The SMILES string of the molecule is CCCCNC(=O)C(Cc1ccccc1)N(Cc1cccc(OC)c1)C(=O)COc1ccc2ccccc2c1Br. The van der Waals surface area contributed by atoms with Crippen LogP contribution >= 0.6 is 15.9 Å². The first kappa shape index (κ1) is 29.2. The van der Waals surface area contributed by atoms with Gasteiger partial charge in [-0.05, 0) is 62.4 Å². The van der Waals surface area contributed by atoms with Gasteiger partial charge >= 0.3 is 0 Å². The van der Waals surface area contributed by atoms with Crippen LogP contribution in [0.25, 0.3) is 10.8 Å². The van der Waals surface area contributed by atoms with E-state index in [1.807, 2.05) is 91.0 Å². The van der Waals surface area contributed by atoms with Crippen molar-refractivity contribution < 1.29 is 19.1 Å². The monoisotopic (exact) mass is 602 g/mol. The first-order valence-electron chi connectivity index (χ1n) is 13.5. The third-order valence-electron chi connectivity index (χ3n) is 6.77. The van der Waals surface area contributed by atoms with Gasteiger partial charge < -0.3 is 19.7 Å². The summed E-state index contributed by atoms with van der Waals surface area (Å²) in [6.07, 6.45) is 2.21. The van der Waals surface area contributed by atoms with E-state index in [9.17, 15) is 9.59 Å². The number of hydrogen-bond acceptors (Lipinski definition) is 4. The maximum Gasteiger partial charge on any atom is 0.261 e. The summed E-state index contributed by atoms with van der Waals surface area (Å²) in [6.45, 7) is 2.66. The molecule has 7 heteroatoms. The van der Waals surface area contributed by atoms with Gasteiger partial charge in [0.05, 0.1) is 11.6 Å². The molecule has 1 N–H and O–H groups in total. The Bertz CT molecular complexity index is 1430. The van der Waals surface area contributed by atoms with Gasteiger partial charge in [0.25, 0.3) is 5.91 Å². The number of halogens is 1. The number of carbonyl (C=O) groups excluding carboxylic acids is 2. The molecule has 0 aliphatic heterocycles. The lowest BCUT2D eigenvalue weighted by Crippen LogP contribution is -2.51. The molecule has 0 saturated carbocycles. The highest BCUT2D eigenvalue weighted by Crippen LogP contribution is 2.33. The van der Waals surface area contributed by atoms with Crippen molar-refractivity contribution in [1.29, 1.82) is 0 Å². The Morgan fingerprint density at radius 3 is 2.45 bits per heavy atom. The molecule has 1 atom stereocenters. The number of rotatable bonds is 13. The number of nitrogens with one attached hydrogen (secondary N) is 1. The number of benzene rings is 4. The summed E-state index contributed by atoms with van der Waals surface area (Å²) < 4.78 is 12.2. The Balaban J connectivity index is 1.63. The normalized spacial score (nSPS) is 11.6. The van der Waals surface area contributed by atoms with E-state index in [0.29, 0.717) is 24.5 Å². The highest BCUT2D eigenvalue weighted by Gasteiger charge is 2.31. The van der Waals surface area contributed by atoms with Crippen molar-refractivity contribution in [2.75, 3.05) is 20.3 Å². The molecule has 4 aromatic carbocycles. The summed E-state index contributed by atoms with van der Waals surface area (Å²) in [7, 11) is 1.61. The van der Waals surface area contributed by atoms with E-state index in [0.717, 1.165) is 39.2 Å². The van der Waals surface area contributed by atoms with Gasteiger partial charge in [-0.1, -0.05) is 86.1 Å². The number of unbranched alkanes of at least 4 members (excludes halogenated alkanes) is 1. The van der Waals surface area contributed by atoms with Crippen molar-refractivity contribution in [3.05, 3.63) is 107 Å². The molecule has 0 saturated heterocycles. The molecule has 0 aliphatic carbocycles. The van der Waals surface area contributed by atoms with Gasteiger partial charge in [-0.3, -0.25) is 9.59 Å². The van der Waals surface area contributed by atoms with Gasteiger partial charge in [0.2, 0.25) is 5.91 Å². The highest BCUT2D eigenvalue weighted by atomic mass is 79.9. The molecule has 0 bridgehead atoms. The van der Waals surface area contributed by atoms with E-state index >= 15 is 0 Å². The average molecular weight is 604 g/mol. The van der Waals surface area contributed by atoms with Crippen LogP contribution in [0.1, 0.15) is 30.9 Å². The van der Waals surface area contributed by atoms with Crippen molar-refractivity contribution in [1.82, 2.24) is 10.2 Å². The molecule has 2 amide bonds. The van der Waals surface area contributed by atoms with Crippen molar-refractivity contribution in [2.24, 2.45) is 0 Å². The van der Waals surface area contributed by atoms with Crippen LogP contribution in [0.2, 0.25) is 0 Å². The maximum atomic E-state index is 13.9. The molecule has 0 radical (unpaired) electrons. The molecule has 208 valence electrons. The fourth-order valence-electron chi connectivity index (χ4n) is 4.58. The van der Waals surface area contributed by atoms with Crippen LogP contribution in [0, 0.1) is 0 Å². The number of carbonyl (C=O) groups is 2. The molecule has 0 spiro atoms. The minimum absolute atomic E-state index is 0.180. The fraction of sp³-hybridized carbons (Fsp3) is 0.273. The van der Waals surface area contributed by atoms with Gasteiger partial charge in [-0.15, -0.1) is 0 Å². The third kappa shape index (κ3) is 7.63. The van der Waals surface area contributed by atoms with Crippen LogP contribution < -0.4 is 14.8 Å². The Morgan fingerprint density at radius 1 is 0.925 bits per heavy atom. The molecule has 6 nitrogen and oxygen atoms in total. The zero-order chi connectivity index (χ0) is 28.3. The smallest absolute Gasteiger partial charge is 0.261 e. The third-order valence-corrected chi connectivity index (χ3v) is 7.58. The van der Waals surface area contributed by atoms with Gasteiger partial charge in [0.15, 0.2) is 6.61 Å². The van der Waals surface area contributed by atoms with Crippen LogP contribution in [0.4, 0.5) is 0 Å². The number of ether oxygens (including phenoxy) is 2. The van der Waals surface area contributed by atoms with E-state index in [2.05, 4.69) is 28.2 Å². The second-order valence-corrected chi connectivity index (χ2v) is 10.4. The van der Waals surface area contributed by atoms with E-state index in [1.165, 1.54) is 0 Å². The van der Waals surface area contributed by atoms with Crippen molar-refractivity contribution in [3.8, 4) is 11.5 Å². The lowest BCUT2D eigenvalue weighted by atomic mass is 10.0. The lowest BCUT2D eigenvalue weighted by molar-refractivity contribution is -0.142. The van der Waals surface area contributed by atoms with Crippen LogP contribution in [-0.4, -0.2) is 43.0 Å². The Labute approximate surface area is 244 Å². The fourth-order valence-corrected chi connectivity index (χ4v) is 5.18. The minimum atomic E-state index is -0.721. The first-order chi connectivity index (χ1) is 19.5. The average Bonchev–Trinajstić information content (AvgIpc) is 2.99. The van der Waals surface area contributed by atoms with Crippen molar-refractivity contribution >= 4 is 38.5 Å². The minimum Gasteiger partial charge on any atom is -0.497 e. The van der Waals surface area contributed by atoms with Gasteiger partial charge in [0.1, 0.15) is 17.5 Å². The quantitative estimate of drug-likeness (QED) is 0.176. The van der Waals surface area contributed by atoms with Gasteiger partial charge in [0, 0.05) is 19.5 Å². The van der Waals surface area contributed by atoms with Gasteiger partial charge in [-0.2, -0.15) is 0 Å². The standard InChI is InChI=1S/C33H35BrN2O4/c1-3-4-19-35-33(38)29(21-24-11-6-5-7-12-24)36(22-25-13-10-15-27(20-25)39-2)31(37)23-40-30-18-17-26-14-8-9-16-28(26)32(30)34/h5-18,20,29H,3-4,19,21-23H2,1-2H3,(H,35,38). The zero-order valence-corrected chi connectivity index (χ0v) is 24.5. The topological polar surface area (TPSA) is 67.9 Å². The van der Waals surface area contributed by atoms with E-state index in [-0.39, 0.29) is 25.0 Å². The molecule has 0 fully saturated rings. The van der Waals surface area contributed by atoms with Crippen molar-refractivity contribution in [2.45, 2.75) is 38.8 Å². The second-order valence-electron chi connectivity index (χ2n) is 9.61. The number of nitrogens with zero attached hydrogens (tertiary/aromatic N) is 1. The predicted molar refractivity (Wildman–Crippen MR) is 163 cm³/mol. The Hall–Kier alpha value is -3.84. The Kier molecular flexibility index (Phi) is 10.6. The van der Waals surface area contributed by atoms with E-state index in [4.69, 9.17) is 9.47 Å². The summed E-state index contributed by atoms with van der Waals surface area (Å²) in [5.41, 5.74) is 1.83. The molecule has 0 aliphatic rings. The molecule has 4 rings (SSSR count). The maximum absolute atomic E-state index is 13.9.